The molecule has 0 aromatic heterocycles. The van der Waals surface area contributed by atoms with Crippen LogP contribution in [-0.4, -0.2) is 139 Å². The van der Waals surface area contributed by atoms with E-state index in [0.717, 1.165) is 6.92 Å². The summed E-state index contributed by atoms with van der Waals surface area (Å²) in [5, 5.41) is 43.8. The van der Waals surface area contributed by atoms with Gasteiger partial charge in [-0.05, 0) is 25.8 Å². The summed E-state index contributed by atoms with van der Waals surface area (Å²) in [5.74, 6) is -2.58. The third kappa shape index (κ3) is 10.9. The van der Waals surface area contributed by atoms with Gasteiger partial charge in [-0.25, -0.2) is 13.2 Å². The molecule has 2 saturated heterocycles. The molecule has 2 fully saturated rings. The molecular formula is C19H34N2O18S2. The normalized spacial score (nSPS) is 34.7. The molecule has 2 aliphatic rings. The first-order valence-electron chi connectivity index (χ1n) is 12.0. The van der Waals surface area contributed by atoms with E-state index in [9.17, 15) is 51.4 Å². The fourth-order valence-corrected chi connectivity index (χ4v) is 4.85. The van der Waals surface area contributed by atoms with Gasteiger partial charge >= 0.3 is 26.8 Å². The maximum absolute atomic E-state index is 12.0. The Hall–Kier alpha value is -1.64. The standard InChI is InChI=1S/C19H34N2O18S2/c1-8(22)21-10-12(24)11(23)9(7-35-40(28,29)30)36-18(10)37-14-13(25)15(39-41(31,32)33)19(38-16(14)17(26)27)34-6-4-2-3-5-20/h9-16,18-19,23-25H,2-7,20H2,1H3,(H,21,22)(H,26,27)(H,28,29,30)(H,31,32,33)/t9-,10-,11-,12-,13+,14+,15-,16-,18-,19-/m1/s1. The highest BCUT2D eigenvalue weighted by Gasteiger charge is 2.55. The fraction of sp³-hybridized carbons (Fsp3) is 0.895. The van der Waals surface area contributed by atoms with Crippen molar-refractivity contribution in [2.45, 2.75) is 87.5 Å². The van der Waals surface area contributed by atoms with Crippen LogP contribution < -0.4 is 11.1 Å². The van der Waals surface area contributed by atoms with E-state index in [0.29, 0.717) is 25.8 Å². The number of aliphatic hydroxyl groups is 3. The highest BCUT2D eigenvalue weighted by Crippen LogP contribution is 2.32. The molecule has 0 saturated carbocycles. The molecule has 240 valence electrons. The molecule has 0 aromatic rings. The summed E-state index contributed by atoms with van der Waals surface area (Å²) < 4.78 is 93.1. The number of aliphatic carboxylic acids is 1. The highest BCUT2D eigenvalue weighted by molar-refractivity contribution is 7.81. The van der Waals surface area contributed by atoms with E-state index in [1.54, 1.807) is 0 Å². The average molecular weight is 643 g/mol. The van der Waals surface area contributed by atoms with Crippen molar-refractivity contribution >= 4 is 32.7 Å². The molecule has 20 nitrogen and oxygen atoms in total. The van der Waals surface area contributed by atoms with Crippen molar-refractivity contribution in [2.24, 2.45) is 5.73 Å². The molecule has 22 heteroatoms. The van der Waals surface area contributed by atoms with Crippen LogP contribution in [0.2, 0.25) is 0 Å². The third-order valence-electron chi connectivity index (χ3n) is 5.87. The molecule has 0 bridgehead atoms. The van der Waals surface area contributed by atoms with Crippen molar-refractivity contribution in [1.82, 2.24) is 5.32 Å². The van der Waals surface area contributed by atoms with Crippen molar-refractivity contribution in [3.05, 3.63) is 0 Å². The van der Waals surface area contributed by atoms with Crippen LogP contribution in [0, 0.1) is 0 Å². The predicted octanol–water partition coefficient (Wildman–Crippen LogP) is -4.35. The molecule has 0 aromatic carbocycles. The smallest absolute Gasteiger partial charge is 0.397 e. The van der Waals surface area contributed by atoms with Gasteiger partial charge in [0.05, 0.1) is 6.61 Å². The Balaban J connectivity index is 2.37. The van der Waals surface area contributed by atoms with Crippen LogP contribution in [0.1, 0.15) is 26.2 Å². The van der Waals surface area contributed by atoms with Gasteiger partial charge in [0.1, 0.15) is 36.6 Å². The Bertz CT molecular complexity index is 1090. The third-order valence-corrected chi connectivity index (χ3v) is 6.77. The number of hydrogen-bond donors (Lipinski definition) is 8. The summed E-state index contributed by atoms with van der Waals surface area (Å²) >= 11 is 0. The van der Waals surface area contributed by atoms with Crippen molar-refractivity contribution in [3.63, 3.8) is 0 Å². The number of rotatable bonds is 15. The summed E-state index contributed by atoms with van der Waals surface area (Å²) in [6.45, 7) is 0.152. The minimum Gasteiger partial charge on any atom is -0.479 e. The number of carbonyl (C=O) groups excluding carboxylic acids is 1. The molecule has 0 spiro atoms. The second kappa shape index (κ2) is 15.2. The summed E-state index contributed by atoms with van der Waals surface area (Å²) in [6.07, 6.45) is -16.7. The van der Waals surface area contributed by atoms with Gasteiger partial charge in [-0.15, -0.1) is 0 Å². The number of unbranched alkanes of at least 4 members (excludes halogenated alkanes) is 2. The second-order valence-corrected chi connectivity index (χ2v) is 11.2. The van der Waals surface area contributed by atoms with E-state index >= 15 is 0 Å². The van der Waals surface area contributed by atoms with E-state index < -0.39 is 101 Å². The Morgan fingerprint density at radius 3 is 2.10 bits per heavy atom. The Morgan fingerprint density at radius 1 is 0.902 bits per heavy atom. The zero-order valence-corrected chi connectivity index (χ0v) is 23.1. The van der Waals surface area contributed by atoms with E-state index in [2.05, 4.69) is 13.7 Å². The number of nitrogens with two attached hydrogens (primary N) is 1. The summed E-state index contributed by atoms with van der Waals surface area (Å²) in [4.78, 5) is 23.8. The number of ether oxygens (including phenoxy) is 4. The topological polar surface area (TPSA) is 317 Å². The summed E-state index contributed by atoms with van der Waals surface area (Å²) in [5.41, 5.74) is 5.40. The maximum atomic E-state index is 12.0. The average Bonchev–Trinajstić information content (AvgIpc) is 2.84. The van der Waals surface area contributed by atoms with Crippen molar-refractivity contribution < 1.29 is 83.3 Å². The molecule has 1 amide bonds. The molecule has 9 N–H and O–H groups in total. The van der Waals surface area contributed by atoms with Gasteiger partial charge in [-0.3, -0.25) is 13.9 Å². The zero-order valence-electron chi connectivity index (χ0n) is 21.5. The van der Waals surface area contributed by atoms with Gasteiger partial charge < -0.3 is 50.4 Å². The number of carboxylic acid groups (broad SMARTS) is 1. The number of carbonyl (C=O) groups is 2. The molecule has 10 atom stereocenters. The van der Waals surface area contributed by atoms with Gasteiger partial charge in [-0.2, -0.15) is 16.8 Å². The number of amides is 1. The van der Waals surface area contributed by atoms with E-state index in [-0.39, 0.29) is 6.61 Å². The van der Waals surface area contributed by atoms with Crippen LogP contribution >= 0.6 is 0 Å². The van der Waals surface area contributed by atoms with E-state index in [1.165, 1.54) is 0 Å². The van der Waals surface area contributed by atoms with Crippen LogP contribution in [0.15, 0.2) is 0 Å². The van der Waals surface area contributed by atoms with Crippen LogP contribution in [0.25, 0.3) is 0 Å². The van der Waals surface area contributed by atoms with Gasteiger partial charge in [0.15, 0.2) is 24.8 Å². The van der Waals surface area contributed by atoms with Gasteiger partial charge in [0.2, 0.25) is 5.91 Å². The molecule has 0 aliphatic carbocycles. The predicted molar refractivity (Wildman–Crippen MR) is 128 cm³/mol. The Kier molecular flexibility index (Phi) is 13.2. The lowest BCUT2D eigenvalue weighted by molar-refractivity contribution is -0.337. The quantitative estimate of drug-likeness (QED) is 0.0618. The van der Waals surface area contributed by atoms with Gasteiger partial charge in [0.25, 0.3) is 0 Å². The SMILES string of the molecule is CC(=O)N[C@H]1[C@@H](O[C@H]2[C@H](O)[C@@H](OS(=O)(=O)O)[C@H](OCCCCCN)O[C@H]2C(=O)O)O[C@H](COS(=O)(=O)O)[C@@H](O)[C@@H]1O. The first kappa shape index (κ1) is 35.6. The second-order valence-electron chi connectivity index (χ2n) is 9.03. The number of hydrogen-bond acceptors (Lipinski definition) is 16. The molecular weight excluding hydrogens is 608 g/mol. The van der Waals surface area contributed by atoms with Crippen molar-refractivity contribution in [2.75, 3.05) is 19.8 Å². The highest BCUT2D eigenvalue weighted by atomic mass is 32.3. The largest absolute Gasteiger partial charge is 0.479 e. The van der Waals surface area contributed by atoms with Gasteiger partial charge in [0, 0.05) is 13.5 Å². The molecule has 2 heterocycles. The van der Waals surface area contributed by atoms with Crippen LogP contribution in [0.3, 0.4) is 0 Å². The molecule has 41 heavy (non-hydrogen) atoms. The molecule has 2 rings (SSSR count). The monoisotopic (exact) mass is 642 g/mol. The number of aliphatic hydroxyl groups excluding tert-OH is 3. The van der Waals surface area contributed by atoms with Crippen LogP contribution in [0.4, 0.5) is 0 Å². The molecule has 2 aliphatic heterocycles. The maximum Gasteiger partial charge on any atom is 0.397 e. The lowest BCUT2D eigenvalue weighted by Crippen LogP contribution is -2.68. The van der Waals surface area contributed by atoms with Crippen LogP contribution in [0.5, 0.6) is 0 Å². The van der Waals surface area contributed by atoms with Gasteiger partial charge in [-0.1, -0.05) is 0 Å². The van der Waals surface area contributed by atoms with Crippen molar-refractivity contribution in [3.8, 4) is 0 Å². The minimum absolute atomic E-state index is 0.129. The molecule has 0 radical (unpaired) electrons. The molecule has 0 unspecified atom stereocenters. The summed E-state index contributed by atoms with van der Waals surface area (Å²) in [7, 11) is -10.3. The summed E-state index contributed by atoms with van der Waals surface area (Å²) in [6, 6.07) is -1.69. The number of nitrogens with one attached hydrogen (secondary N) is 1. The first-order valence-corrected chi connectivity index (χ1v) is 14.8. The van der Waals surface area contributed by atoms with E-state index in [1.807, 2.05) is 0 Å². The fourth-order valence-electron chi connectivity index (χ4n) is 4.06. The lowest BCUT2D eigenvalue weighted by Gasteiger charge is -2.47. The zero-order chi connectivity index (χ0) is 31.1. The van der Waals surface area contributed by atoms with E-state index in [4.69, 9.17) is 29.2 Å². The number of carboxylic acids is 1. The Morgan fingerprint density at radius 2 is 1.56 bits per heavy atom. The lowest BCUT2D eigenvalue weighted by atomic mass is 9.95. The van der Waals surface area contributed by atoms with Crippen molar-refractivity contribution in [1.29, 1.82) is 0 Å². The Labute approximate surface area is 234 Å². The minimum atomic E-state index is -5.29. The van der Waals surface area contributed by atoms with Crippen LogP contribution in [-0.2, 0) is 57.7 Å². The first-order chi connectivity index (χ1) is 18.9.